The first kappa shape index (κ1) is 11.1. The number of hydrogen-bond acceptors (Lipinski definition) is 0. The molecule has 17 heavy (non-hydrogen) atoms. The Balaban J connectivity index is 1.95. The first-order chi connectivity index (χ1) is 8.24. The second kappa shape index (κ2) is 4.33. The first-order valence-electron chi connectivity index (χ1n) is 7.08. The predicted molar refractivity (Wildman–Crippen MR) is 74.3 cm³/mol. The number of fused-ring (bicyclic) bond motifs is 2. The molecule has 1 atom stereocenters. The lowest BCUT2D eigenvalue weighted by atomic mass is 9.85. The van der Waals surface area contributed by atoms with E-state index in [1.54, 1.807) is 16.7 Å². The van der Waals surface area contributed by atoms with Crippen LogP contribution in [0.5, 0.6) is 0 Å². The van der Waals surface area contributed by atoms with Gasteiger partial charge in [0.2, 0.25) is 0 Å². The highest BCUT2D eigenvalue weighted by Gasteiger charge is 2.21. The fraction of sp³-hybridized carbons (Fsp3) is 0.529. The SMILES string of the molecule is CC(C)CC1C=Cc2cc3c(cc21)CCCC3. The monoisotopic (exact) mass is 226 g/mol. The minimum Gasteiger partial charge on any atom is -0.0764 e. The molecule has 1 unspecified atom stereocenters. The van der Waals surface area contributed by atoms with Gasteiger partial charge in [-0.25, -0.2) is 0 Å². The number of hydrogen-bond donors (Lipinski definition) is 0. The van der Waals surface area contributed by atoms with E-state index >= 15 is 0 Å². The van der Waals surface area contributed by atoms with Crippen LogP contribution in [-0.4, -0.2) is 0 Å². The van der Waals surface area contributed by atoms with Gasteiger partial charge in [0.1, 0.15) is 0 Å². The molecule has 0 saturated carbocycles. The zero-order valence-electron chi connectivity index (χ0n) is 11.0. The van der Waals surface area contributed by atoms with Gasteiger partial charge in [-0.15, -0.1) is 0 Å². The third kappa shape index (κ3) is 2.06. The number of benzene rings is 1. The van der Waals surface area contributed by atoms with Crippen LogP contribution in [0.25, 0.3) is 6.08 Å². The number of aryl methyl sites for hydroxylation is 2. The Kier molecular flexibility index (Phi) is 2.82. The Labute approximate surface area is 105 Å². The van der Waals surface area contributed by atoms with Gasteiger partial charge in [0.05, 0.1) is 0 Å². The van der Waals surface area contributed by atoms with Crippen LogP contribution in [0.15, 0.2) is 18.2 Å². The molecule has 0 heteroatoms. The lowest BCUT2D eigenvalue weighted by molar-refractivity contribution is 0.552. The lowest BCUT2D eigenvalue weighted by Gasteiger charge is -2.20. The summed E-state index contributed by atoms with van der Waals surface area (Å²) in [6.07, 6.45) is 11.4. The minimum absolute atomic E-state index is 0.678. The van der Waals surface area contributed by atoms with Crippen molar-refractivity contribution >= 4 is 6.08 Å². The fourth-order valence-electron chi connectivity index (χ4n) is 3.33. The summed E-state index contributed by atoms with van der Waals surface area (Å²) in [5.74, 6) is 1.46. The maximum Gasteiger partial charge on any atom is 0.00297 e. The van der Waals surface area contributed by atoms with Crippen molar-refractivity contribution in [2.24, 2.45) is 5.92 Å². The minimum atomic E-state index is 0.678. The van der Waals surface area contributed by atoms with Crippen molar-refractivity contribution in [1.82, 2.24) is 0 Å². The number of rotatable bonds is 2. The van der Waals surface area contributed by atoms with Crippen molar-refractivity contribution in [3.63, 3.8) is 0 Å². The second-order valence-corrected chi connectivity index (χ2v) is 6.05. The maximum atomic E-state index is 2.51. The summed E-state index contributed by atoms with van der Waals surface area (Å²) in [5, 5.41) is 0. The van der Waals surface area contributed by atoms with Gasteiger partial charge < -0.3 is 0 Å². The molecule has 3 rings (SSSR count). The van der Waals surface area contributed by atoms with E-state index in [9.17, 15) is 0 Å². The number of allylic oxidation sites excluding steroid dienone is 1. The van der Waals surface area contributed by atoms with Gasteiger partial charge in [0.25, 0.3) is 0 Å². The highest BCUT2D eigenvalue weighted by atomic mass is 14.3. The first-order valence-corrected chi connectivity index (χ1v) is 7.08. The topological polar surface area (TPSA) is 0 Å². The summed E-state index contributed by atoms with van der Waals surface area (Å²) < 4.78 is 0. The molecule has 2 aliphatic carbocycles. The zero-order chi connectivity index (χ0) is 11.8. The largest absolute Gasteiger partial charge is 0.0764 e. The van der Waals surface area contributed by atoms with Gasteiger partial charge >= 0.3 is 0 Å². The van der Waals surface area contributed by atoms with Crippen molar-refractivity contribution in [1.29, 1.82) is 0 Å². The molecule has 0 radical (unpaired) electrons. The van der Waals surface area contributed by atoms with Gasteiger partial charge in [-0.1, -0.05) is 38.1 Å². The standard InChI is InChI=1S/C17H22/c1-12(2)9-15-7-8-16-10-13-5-3-4-6-14(13)11-17(15)16/h7-8,10-12,15H,3-6,9H2,1-2H3. The van der Waals surface area contributed by atoms with Crippen LogP contribution in [0.4, 0.5) is 0 Å². The smallest absolute Gasteiger partial charge is 0.00297 e. The molecule has 0 amide bonds. The highest BCUT2D eigenvalue weighted by Crippen LogP contribution is 2.37. The fourth-order valence-corrected chi connectivity index (χ4v) is 3.33. The van der Waals surface area contributed by atoms with E-state index in [1.165, 1.54) is 37.7 Å². The van der Waals surface area contributed by atoms with Crippen molar-refractivity contribution in [2.45, 2.75) is 51.9 Å². The molecule has 1 aromatic rings. The van der Waals surface area contributed by atoms with Crippen molar-refractivity contribution in [2.75, 3.05) is 0 Å². The van der Waals surface area contributed by atoms with Crippen molar-refractivity contribution in [3.05, 3.63) is 40.5 Å². The Hall–Kier alpha value is -1.04. The molecule has 0 saturated heterocycles. The van der Waals surface area contributed by atoms with Crippen LogP contribution >= 0.6 is 0 Å². The van der Waals surface area contributed by atoms with E-state index in [-0.39, 0.29) is 0 Å². The molecule has 0 fully saturated rings. The van der Waals surface area contributed by atoms with Crippen LogP contribution < -0.4 is 0 Å². The average Bonchev–Trinajstić information content (AvgIpc) is 2.68. The quantitative estimate of drug-likeness (QED) is 0.684. The molecular weight excluding hydrogens is 204 g/mol. The Morgan fingerprint density at radius 3 is 2.53 bits per heavy atom. The average molecular weight is 226 g/mol. The van der Waals surface area contributed by atoms with Crippen LogP contribution in [0.2, 0.25) is 0 Å². The van der Waals surface area contributed by atoms with E-state index < -0.39 is 0 Å². The summed E-state index contributed by atoms with van der Waals surface area (Å²) in [5.41, 5.74) is 6.34. The Bertz CT molecular complexity index is 451. The van der Waals surface area contributed by atoms with Gasteiger partial charge in [0, 0.05) is 5.92 Å². The van der Waals surface area contributed by atoms with Crippen LogP contribution in [0.3, 0.4) is 0 Å². The predicted octanol–water partition coefficient (Wildman–Crippen LogP) is 4.72. The van der Waals surface area contributed by atoms with E-state index in [1.807, 2.05) is 0 Å². The zero-order valence-corrected chi connectivity index (χ0v) is 11.0. The third-order valence-electron chi connectivity index (χ3n) is 4.18. The molecule has 0 spiro atoms. The molecule has 1 aromatic carbocycles. The van der Waals surface area contributed by atoms with E-state index in [2.05, 4.69) is 38.1 Å². The van der Waals surface area contributed by atoms with Crippen molar-refractivity contribution in [3.8, 4) is 0 Å². The Morgan fingerprint density at radius 1 is 1.12 bits per heavy atom. The summed E-state index contributed by atoms with van der Waals surface area (Å²) in [6.45, 7) is 4.65. The summed E-state index contributed by atoms with van der Waals surface area (Å²) >= 11 is 0. The van der Waals surface area contributed by atoms with Gasteiger partial charge in [-0.2, -0.15) is 0 Å². The van der Waals surface area contributed by atoms with E-state index in [4.69, 9.17) is 0 Å². The van der Waals surface area contributed by atoms with Gasteiger partial charge in [-0.05, 0) is 60.3 Å². The molecule has 0 N–H and O–H groups in total. The molecule has 0 nitrogen and oxygen atoms in total. The lowest BCUT2D eigenvalue weighted by Crippen LogP contribution is -2.06. The van der Waals surface area contributed by atoms with Crippen LogP contribution in [0.1, 0.15) is 61.3 Å². The highest BCUT2D eigenvalue weighted by molar-refractivity contribution is 5.64. The summed E-state index contributed by atoms with van der Waals surface area (Å²) in [7, 11) is 0. The molecule has 0 bridgehead atoms. The van der Waals surface area contributed by atoms with Gasteiger partial charge in [-0.3, -0.25) is 0 Å². The second-order valence-electron chi connectivity index (χ2n) is 6.05. The molecule has 0 heterocycles. The summed E-state index contributed by atoms with van der Waals surface area (Å²) in [4.78, 5) is 0. The van der Waals surface area contributed by atoms with E-state index in [0.717, 1.165) is 5.92 Å². The van der Waals surface area contributed by atoms with Crippen molar-refractivity contribution < 1.29 is 0 Å². The maximum absolute atomic E-state index is 2.51. The third-order valence-corrected chi connectivity index (χ3v) is 4.18. The molecule has 0 aliphatic heterocycles. The van der Waals surface area contributed by atoms with E-state index in [0.29, 0.717) is 5.92 Å². The molecule has 90 valence electrons. The Morgan fingerprint density at radius 2 is 1.82 bits per heavy atom. The van der Waals surface area contributed by atoms with Gasteiger partial charge in [0.15, 0.2) is 0 Å². The molecular formula is C17H22. The van der Waals surface area contributed by atoms with Crippen LogP contribution in [0, 0.1) is 5.92 Å². The summed E-state index contributed by atoms with van der Waals surface area (Å²) in [6, 6.07) is 4.97. The molecule has 0 aromatic heterocycles. The van der Waals surface area contributed by atoms with Crippen LogP contribution in [-0.2, 0) is 12.8 Å². The normalized spacial score (nSPS) is 21.7. The molecule has 2 aliphatic rings.